The van der Waals surface area contributed by atoms with E-state index in [1.807, 2.05) is 66.4 Å². The van der Waals surface area contributed by atoms with Crippen molar-refractivity contribution in [3.63, 3.8) is 0 Å². The van der Waals surface area contributed by atoms with Crippen LogP contribution in [0.25, 0.3) is 0 Å². The Kier molecular flexibility index (Phi) is 6.82. The fourth-order valence-electron chi connectivity index (χ4n) is 2.48. The van der Waals surface area contributed by atoms with Crippen LogP contribution in [0.1, 0.15) is 24.5 Å². The molecule has 0 aromatic heterocycles. The maximum atomic E-state index is 12.8. The molecule has 0 radical (unpaired) electrons. The number of hydrogen-bond donors (Lipinski definition) is 1. The van der Waals surface area contributed by atoms with E-state index < -0.39 is 6.10 Å². The highest BCUT2D eigenvalue weighted by Crippen LogP contribution is 2.15. The number of rotatable bonds is 8. The minimum absolute atomic E-state index is 0.0205. The van der Waals surface area contributed by atoms with Crippen molar-refractivity contribution < 1.29 is 9.53 Å². The molecule has 0 spiro atoms. The minimum Gasteiger partial charge on any atom is -0.481 e. The summed E-state index contributed by atoms with van der Waals surface area (Å²) >= 11 is 0. The molecule has 0 bridgehead atoms. The number of carbonyl (C=O) groups excluding carboxylic acids is 1. The van der Waals surface area contributed by atoms with Crippen molar-refractivity contribution >= 4 is 5.91 Å². The van der Waals surface area contributed by atoms with Crippen LogP contribution in [0.15, 0.2) is 54.6 Å². The van der Waals surface area contributed by atoms with Gasteiger partial charge >= 0.3 is 0 Å². The molecule has 1 amide bonds. The summed E-state index contributed by atoms with van der Waals surface area (Å²) in [6.45, 7) is 5.58. The summed E-state index contributed by atoms with van der Waals surface area (Å²) in [6, 6.07) is 17.7. The number of hydrogen-bond acceptors (Lipinski definition) is 3. The van der Waals surface area contributed by atoms with Crippen LogP contribution < -0.4 is 10.5 Å². The van der Waals surface area contributed by atoms with Gasteiger partial charge in [0.1, 0.15) is 5.75 Å². The van der Waals surface area contributed by atoms with Crippen LogP contribution >= 0.6 is 0 Å². The van der Waals surface area contributed by atoms with E-state index in [1.54, 1.807) is 6.92 Å². The second-order valence-electron chi connectivity index (χ2n) is 5.96. The van der Waals surface area contributed by atoms with Gasteiger partial charge in [0, 0.05) is 13.1 Å². The maximum Gasteiger partial charge on any atom is 0.263 e. The number of amides is 1. The molecule has 4 nitrogen and oxygen atoms in total. The summed E-state index contributed by atoms with van der Waals surface area (Å²) in [5.41, 5.74) is 7.88. The molecule has 0 aliphatic rings. The lowest BCUT2D eigenvalue weighted by molar-refractivity contribution is -0.138. The minimum atomic E-state index is -0.533. The molecule has 24 heavy (non-hydrogen) atoms. The number of aryl methyl sites for hydroxylation is 1. The molecule has 0 aliphatic heterocycles. The maximum absolute atomic E-state index is 12.8. The van der Waals surface area contributed by atoms with Gasteiger partial charge in [0.2, 0.25) is 0 Å². The molecule has 128 valence electrons. The van der Waals surface area contributed by atoms with Gasteiger partial charge in [-0.15, -0.1) is 0 Å². The van der Waals surface area contributed by atoms with Gasteiger partial charge in [0.25, 0.3) is 5.91 Å². The summed E-state index contributed by atoms with van der Waals surface area (Å²) < 4.78 is 5.81. The van der Waals surface area contributed by atoms with Crippen LogP contribution in [-0.4, -0.2) is 30.0 Å². The number of nitrogens with zero attached hydrogens (tertiary/aromatic N) is 1. The molecule has 2 rings (SSSR count). The van der Waals surface area contributed by atoms with Crippen molar-refractivity contribution in [2.45, 2.75) is 32.9 Å². The lowest BCUT2D eigenvalue weighted by atomic mass is 10.2. The molecule has 0 saturated carbocycles. The van der Waals surface area contributed by atoms with Crippen molar-refractivity contribution in [3.8, 4) is 5.75 Å². The van der Waals surface area contributed by atoms with Gasteiger partial charge in [-0.2, -0.15) is 0 Å². The first-order valence-corrected chi connectivity index (χ1v) is 8.36. The number of ether oxygens (including phenoxy) is 1. The zero-order chi connectivity index (χ0) is 17.4. The van der Waals surface area contributed by atoms with Crippen LogP contribution in [-0.2, 0) is 11.3 Å². The average Bonchev–Trinajstić information content (AvgIpc) is 2.60. The average molecular weight is 326 g/mol. The van der Waals surface area contributed by atoms with Crippen LogP contribution in [0.5, 0.6) is 5.75 Å². The quantitative estimate of drug-likeness (QED) is 0.811. The van der Waals surface area contributed by atoms with Crippen molar-refractivity contribution in [2.75, 3.05) is 13.1 Å². The summed E-state index contributed by atoms with van der Waals surface area (Å²) in [5.74, 6) is 0.688. The van der Waals surface area contributed by atoms with E-state index in [0.29, 0.717) is 25.4 Å². The lowest BCUT2D eigenvalue weighted by Crippen LogP contribution is -2.41. The van der Waals surface area contributed by atoms with Crippen molar-refractivity contribution in [3.05, 3.63) is 65.7 Å². The molecular weight excluding hydrogens is 300 g/mol. The monoisotopic (exact) mass is 326 g/mol. The third-order valence-electron chi connectivity index (χ3n) is 3.84. The Hall–Kier alpha value is -2.33. The number of carbonyl (C=O) groups is 1. The lowest BCUT2D eigenvalue weighted by Gasteiger charge is -2.26. The largest absolute Gasteiger partial charge is 0.481 e. The standard InChI is InChI=1S/C20H26N2O2/c1-16-9-11-19(12-10-16)24-17(2)20(23)22(14-6-13-21)15-18-7-4-3-5-8-18/h3-5,7-12,17H,6,13-15,21H2,1-2H3. The second kappa shape index (κ2) is 9.08. The summed E-state index contributed by atoms with van der Waals surface area (Å²) in [7, 11) is 0. The van der Waals surface area contributed by atoms with E-state index in [9.17, 15) is 4.79 Å². The zero-order valence-electron chi connectivity index (χ0n) is 14.4. The highest BCUT2D eigenvalue weighted by Gasteiger charge is 2.22. The first-order chi connectivity index (χ1) is 11.6. The van der Waals surface area contributed by atoms with Crippen LogP contribution in [0.4, 0.5) is 0 Å². The van der Waals surface area contributed by atoms with Gasteiger partial charge < -0.3 is 15.4 Å². The molecule has 0 aliphatic carbocycles. The predicted molar refractivity (Wildman–Crippen MR) is 96.8 cm³/mol. The molecule has 2 aromatic rings. The van der Waals surface area contributed by atoms with Gasteiger partial charge in [-0.1, -0.05) is 48.0 Å². The van der Waals surface area contributed by atoms with Crippen LogP contribution in [0.2, 0.25) is 0 Å². The molecule has 2 aromatic carbocycles. The molecule has 0 heterocycles. The normalized spacial score (nSPS) is 11.8. The smallest absolute Gasteiger partial charge is 0.263 e. The molecule has 1 atom stereocenters. The Labute approximate surface area is 144 Å². The van der Waals surface area contributed by atoms with Gasteiger partial charge in [-0.05, 0) is 44.5 Å². The fourth-order valence-corrected chi connectivity index (χ4v) is 2.48. The summed E-state index contributed by atoms with van der Waals surface area (Å²) in [5, 5.41) is 0. The molecule has 0 saturated heterocycles. The van der Waals surface area contributed by atoms with E-state index in [0.717, 1.165) is 17.5 Å². The first-order valence-electron chi connectivity index (χ1n) is 8.36. The molecule has 1 unspecified atom stereocenters. The first kappa shape index (κ1) is 18.0. The number of nitrogens with two attached hydrogens (primary N) is 1. The summed E-state index contributed by atoms with van der Waals surface area (Å²) in [6.07, 6.45) is 0.240. The van der Waals surface area contributed by atoms with Crippen LogP contribution in [0, 0.1) is 6.92 Å². The van der Waals surface area contributed by atoms with E-state index in [-0.39, 0.29) is 5.91 Å². The van der Waals surface area contributed by atoms with Gasteiger partial charge in [-0.3, -0.25) is 4.79 Å². The number of benzene rings is 2. The van der Waals surface area contributed by atoms with Crippen molar-refractivity contribution in [1.29, 1.82) is 0 Å². The summed E-state index contributed by atoms with van der Waals surface area (Å²) in [4.78, 5) is 14.6. The Morgan fingerprint density at radius 2 is 1.79 bits per heavy atom. The van der Waals surface area contributed by atoms with Crippen molar-refractivity contribution in [2.24, 2.45) is 5.73 Å². The fraction of sp³-hybridized carbons (Fsp3) is 0.350. The van der Waals surface area contributed by atoms with Gasteiger partial charge in [-0.25, -0.2) is 0 Å². The highest BCUT2D eigenvalue weighted by molar-refractivity contribution is 5.80. The Morgan fingerprint density at radius 3 is 2.42 bits per heavy atom. The molecule has 4 heteroatoms. The molecule has 2 N–H and O–H groups in total. The van der Waals surface area contributed by atoms with E-state index in [4.69, 9.17) is 10.5 Å². The predicted octanol–water partition coefficient (Wildman–Crippen LogP) is 3.14. The van der Waals surface area contributed by atoms with E-state index in [2.05, 4.69) is 0 Å². The molecule has 0 fully saturated rings. The second-order valence-corrected chi connectivity index (χ2v) is 5.96. The Bertz CT molecular complexity index is 626. The topological polar surface area (TPSA) is 55.6 Å². The van der Waals surface area contributed by atoms with E-state index in [1.165, 1.54) is 0 Å². The van der Waals surface area contributed by atoms with E-state index >= 15 is 0 Å². The van der Waals surface area contributed by atoms with Gasteiger partial charge in [0.15, 0.2) is 6.10 Å². The third kappa shape index (κ3) is 5.39. The zero-order valence-corrected chi connectivity index (χ0v) is 14.4. The van der Waals surface area contributed by atoms with Crippen molar-refractivity contribution in [1.82, 2.24) is 4.90 Å². The molecular formula is C20H26N2O2. The highest BCUT2D eigenvalue weighted by atomic mass is 16.5. The third-order valence-corrected chi connectivity index (χ3v) is 3.84. The Morgan fingerprint density at radius 1 is 1.12 bits per heavy atom. The Balaban J connectivity index is 2.03. The van der Waals surface area contributed by atoms with Gasteiger partial charge in [0.05, 0.1) is 0 Å². The van der Waals surface area contributed by atoms with Crippen LogP contribution in [0.3, 0.4) is 0 Å². The SMILES string of the molecule is Cc1ccc(OC(C)C(=O)N(CCCN)Cc2ccccc2)cc1.